The number of carbonyl (C=O) groups is 1. The first-order chi connectivity index (χ1) is 18.5. The molecule has 0 radical (unpaired) electrons. The number of benzene rings is 2. The van der Waals surface area contributed by atoms with Crippen molar-refractivity contribution in [1.29, 1.82) is 0 Å². The number of piperidine rings is 1. The Labute approximate surface area is 227 Å². The molecular weight excluding hydrogens is 497 g/mol. The average molecular weight is 534 g/mol. The van der Waals surface area contributed by atoms with Gasteiger partial charge in [0.15, 0.2) is 4.96 Å². The topological polar surface area (TPSA) is 61.7 Å². The predicted octanol–water partition coefficient (Wildman–Crippen LogP) is 5.81. The predicted molar refractivity (Wildman–Crippen MR) is 153 cm³/mol. The second kappa shape index (κ2) is 10.8. The molecule has 0 bridgehead atoms. The first kappa shape index (κ1) is 25.5. The van der Waals surface area contributed by atoms with Crippen LogP contribution in [0.5, 0.6) is 0 Å². The molecule has 8 heteroatoms. The summed E-state index contributed by atoms with van der Waals surface area (Å²) >= 11 is 1.62. The highest BCUT2D eigenvalue weighted by Gasteiger charge is 2.21. The lowest BCUT2D eigenvalue weighted by Crippen LogP contribution is -2.36. The number of aromatic nitrogens is 2. The van der Waals surface area contributed by atoms with E-state index in [0.29, 0.717) is 31.0 Å². The number of hydrogen-bond acceptors (Lipinski definition) is 5. The molecule has 1 amide bonds. The van der Waals surface area contributed by atoms with Crippen LogP contribution in [0.1, 0.15) is 65.2 Å². The van der Waals surface area contributed by atoms with Crippen molar-refractivity contribution >= 4 is 32.4 Å². The van der Waals surface area contributed by atoms with Crippen LogP contribution in [0.2, 0.25) is 0 Å². The van der Waals surface area contributed by atoms with E-state index in [9.17, 15) is 9.18 Å². The number of carbonyl (C=O) groups excluding carboxylic acids is 1. The number of amides is 1. The first-order valence-corrected chi connectivity index (χ1v) is 14.7. The van der Waals surface area contributed by atoms with Crippen LogP contribution in [-0.2, 0) is 0 Å². The van der Waals surface area contributed by atoms with Crippen LogP contribution in [-0.4, -0.2) is 59.1 Å². The maximum absolute atomic E-state index is 13.3. The molecule has 2 aromatic carbocycles. The van der Waals surface area contributed by atoms with Gasteiger partial charge < -0.3 is 15.5 Å². The molecule has 1 atom stereocenters. The lowest BCUT2D eigenvalue weighted by molar-refractivity contribution is 0.0950. The average Bonchev–Trinajstić information content (AvgIpc) is 3.64. The molecule has 2 N–H and O–H groups in total. The van der Waals surface area contributed by atoms with Gasteiger partial charge in [-0.05, 0) is 93.9 Å². The maximum Gasteiger partial charge on any atom is 0.251 e. The fourth-order valence-corrected chi connectivity index (χ4v) is 7.11. The van der Waals surface area contributed by atoms with Gasteiger partial charge in [-0.15, -0.1) is 0 Å². The second-order valence-electron chi connectivity index (χ2n) is 10.9. The summed E-state index contributed by atoms with van der Waals surface area (Å²) in [6, 6.07) is 11.0. The summed E-state index contributed by atoms with van der Waals surface area (Å²) < 4.78 is 16.5. The van der Waals surface area contributed by atoms with Crippen LogP contribution in [0.3, 0.4) is 0 Å². The molecular formula is C30H36FN5OS. The molecule has 2 fully saturated rings. The van der Waals surface area contributed by atoms with Gasteiger partial charge in [0.25, 0.3) is 5.91 Å². The Morgan fingerprint density at radius 3 is 2.68 bits per heavy atom. The van der Waals surface area contributed by atoms with E-state index >= 15 is 0 Å². The van der Waals surface area contributed by atoms with Crippen molar-refractivity contribution in [3.63, 3.8) is 0 Å². The largest absolute Gasteiger partial charge is 0.352 e. The number of rotatable bonds is 7. The molecule has 4 heterocycles. The summed E-state index contributed by atoms with van der Waals surface area (Å²) in [6.07, 6.45) is 6.04. The third-order valence-electron chi connectivity index (χ3n) is 8.08. The normalized spacial score (nSPS) is 19.1. The minimum atomic E-state index is -0.647. The van der Waals surface area contributed by atoms with E-state index in [1.807, 2.05) is 18.2 Å². The molecule has 0 unspecified atom stereocenters. The molecule has 2 aromatic heterocycles. The number of fused-ring (bicyclic) bond motifs is 3. The van der Waals surface area contributed by atoms with Gasteiger partial charge in [-0.1, -0.05) is 23.5 Å². The van der Waals surface area contributed by atoms with E-state index in [0.717, 1.165) is 53.5 Å². The Morgan fingerprint density at radius 2 is 1.95 bits per heavy atom. The minimum Gasteiger partial charge on any atom is -0.352 e. The summed E-state index contributed by atoms with van der Waals surface area (Å²) in [5.74, 6) is -0.0517. The van der Waals surface area contributed by atoms with E-state index in [-0.39, 0.29) is 5.91 Å². The summed E-state index contributed by atoms with van der Waals surface area (Å²) in [7, 11) is 0. The SMILES string of the molecule is Cc1cc([C@H]2CCCN2)cc(C)c1-c1cn2c(n1)sc1cc(C(=O)NCCCN3CCC(F)CC3)ccc12. The molecule has 2 aliphatic rings. The van der Waals surface area contributed by atoms with Crippen molar-refractivity contribution < 1.29 is 9.18 Å². The third kappa shape index (κ3) is 5.09. The minimum absolute atomic E-state index is 0.0517. The van der Waals surface area contributed by atoms with Crippen LogP contribution < -0.4 is 10.6 Å². The van der Waals surface area contributed by atoms with Gasteiger partial charge in [-0.25, -0.2) is 9.37 Å². The fraction of sp³-hybridized carbons (Fsp3) is 0.467. The number of nitrogens with zero attached hydrogens (tertiary/aromatic N) is 3. The first-order valence-electron chi connectivity index (χ1n) is 13.9. The van der Waals surface area contributed by atoms with Crippen LogP contribution in [0.4, 0.5) is 4.39 Å². The Bertz CT molecular complexity index is 1440. The number of likely N-dealkylation sites (tertiary alicyclic amines) is 1. The number of aryl methyl sites for hydroxylation is 2. The molecule has 0 aliphatic carbocycles. The van der Waals surface area contributed by atoms with Gasteiger partial charge in [0.05, 0.1) is 15.9 Å². The zero-order valence-corrected chi connectivity index (χ0v) is 23.0. The van der Waals surface area contributed by atoms with Gasteiger partial charge in [0, 0.05) is 43.0 Å². The van der Waals surface area contributed by atoms with Gasteiger partial charge in [-0.3, -0.25) is 9.20 Å². The van der Waals surface area contributed by atoms with E-state index in [1.165, 1.54) is 35.1 Å². The van der Waals surface area contributed by atoms with Crippen molar-refractivity contribution in [3.05, 3.63) is 58.8 Å². The van der Waals surface area contributed by atoms with Crippen LogP contribution in [0, 0.1) is 13.8 Å². The van der Waals surface area contributed by atoms with Gasteiger partial charge in [-0.2, -0.15) is 0 Å². The molecule has 6 nitrogen and oxygen atoms in total. The molecule has 2 saturated heterocycles. The highest BCUT2D eigenvalue weighted by Crippen LogP contribution is 2.35. The Balaban J connectivity index is 1.14. The van der Waals surface area contributed by atoms with Crippen LogP contribution in [0.25, 0.3) is 26.4 Å². The lowest BCUT2D eigenvalue weighted by atomic mass is 9.94. The van der Waals surface area contributed by atoms with E-state index in [2.05, 4.69) is 52.1 Å². The summed E-state index contributed by atoms with van der Waals surface area (Å²) in [5, 5.41) is 6.65. The molecule has 6 rings (SSSR count). The van der Waals surface area contributed by atoms with Gasteiger partial charge in [0.1, 0.15) is 6.17 Å². The summed E-state index contributed by atoms with van der Waals surface area (Å²) in [5.41, 5.74) is 7.84. The van der Waals surface area contributed by atoms with Crippen molar-refractivity contribution in [1.82, 2.24) is 24.9 Å². The molecule has 0 saturated carbocycles. The number of nitrogens with one attached hydrogen (secondary N) is 2. The zero-order chi connectivity index (χ0) is 26.2. The Hall–Kier alpha value is -2.81. The van der Waals surface area contributed by atoms with Crippen molar-refractivity contribution in [3.8, 4) is 11.3 Å². The third-order valence-corrected chi connectivity index (χ3v) is 9.10. The highest BCUT2D eigenvalue weighted by atomic mass is 32.1. The van der Waals surface area contributed by atoms with E-state index < -0.39 is 6.17 Å². The zero-order valence-electron chi connectivity index (χ0n) is 22.2. The molecule has 2 aliphatic heterocycles. The quantitative estimate of drug-likeness (QED) is 0.294. The number of hydrogen-bond donors (Lipinski definition) is 2. The Kier molecular flexibility index (Phi) is 7.20. The fourth-order valence-electron chi connectivity index (χ4n) is 6.07. The number of imidazole rings is 1. The van der Waals surface area contributed by atoms with Crippen molar-refractivity contribution in [2.24, 2.45) is 0 Å². The smallest absolute Gasteiger partial charge is 0.251 e. The summed E-state index contributed by atoms with van der Waals surface area (Å²) in [6.45, 7) is 8.62. The van der Waals surface area contributed by atoms with Crippen LogP contribution in [0.15, 0.2) is 36.5 Å². The van der Waals surface area contributed by atoms with Gasteiger partial charge >= 0.3 is 0 Å². The van der Waals surface area contributed by atoms with E-state index in [1.54, 1.807) is 11.3 Å². The Morgan fingerprint density at radius 1 is 1.16 bits per heavy atom. The van der Waals surface area contributed by atoms with Crippen LogP contribution >= 0.6 is 11.3 Å². The lowest BCUT2D eigenvalue weighted by Gasteiger charge is -2.28. The van der Waals surface area contributed by atoms with Gasteiger partial charge in [0.2, 0.25) is 0 Å². The number of halogens is 1. The summed E-state index contributed by atoms with van der Waals surface area (Å²) in [4.78, 5) is 21.0. The maximum atomic E-state index is 13.3. The molecule has 0 spiro atoms. The monoisotopic (exact) mass is 533 g/mol. The highest BCUT2D eigenvalue weighted by molar-refractivity contribution is 7.23. The second-order valence-corrected chi connectivity index (χ2v) is 11.9. The molecule has 4 aromatic rings. The van der Waals surface area contributed by atoms with Crippen molar-refractivity contribution in [2.75, 3.05) is 32.7 Å². The standard InChI is InChI=1S/C30H36FN5OS/c1-19-15-22(24-5-3-10-32-24)16-20(2)28(19)25-18-36-26-7-6-21(17-27(26)38-30(36)34-25)29(37)33-11-4-12-35-13-8-23(31)9-14-35/h6-7,15-18,23-24,32H,3-5,8-14H2,1-2H3,(H,33,37)/t24-/m1/s1. The number of thiazole rings is 1. The van der Waals surface area contributed by atoms with Crippen molar-refractivity contribution in [2.45, 2.75) is 58.2 Å². The van der Waals surface area contributed by atoms with E-state index in [4.69, 9.17) is 4.98 Å². The molecule has 200 valence electrons. The molecule has 38 heavy (non-hydrogen) atoms. The number of alkyl halides is 1.